The summed E-state index contributed by atoms with van der Waals surface area (Å²) in [5, 5.41) is 3.20. The third-order valence-corrected chi connectivity index (χ3v) is 7.94. The maximum Gasteiger partial charge on any atom is 0.320 e. The lowest BCUT2D eigenvalue weighted by atomic mass is 9.76. The van der Waals surface area contributed by atoms with Crippen molar-refractivity contribution in [3.63, 3.8) is 0 Å². The Hall–Kier alpha value is -2.05. The van der Waals surface area contributed by atoms with E-state index in [0.717, 1.165) is 64.6 Å². The van der Waals surface area contributed by atoms with Crippen LogP contribution in [0.1, 0.15) is 51.4 Å². The standard InChI is InChI=1S/C23H34N4O3/c28-21-7-3-6-20-18-12-16(14-27(20)21)13-26(15-18)23(30)25-10-8-19(9-11-25)24-22(29)17-4-1-2-5-17/h1-2,16-20H,3-15H2,(H,24,29)/t16-,18-,20-/m1/s1. The first-order valence-corrected chi connectivity index (χ1v) is 11.9. The van der Waals surface area contributed by atoms with Gasteiger partial charge in [-0.25, -0.2) is 4.79 Å². The Morgan fingerprint density at radius 3 is 2.50 bits per heavy atom. The molecule has 7 nitrogen and oxygen atoms in total. The molecule has 4 heterocycles. The second-order valence-electron chi connectivity index (χ2n) is 9.96. The molecule has 4 saturated heterocycles. The van der Waals surface area contributed by atoms with E-state index in [1.165, 1.54) is 0 Å². The van der Waals surface area contributed by atoms with Gasteiger partial charge in [-0.05, 0) is 56.8 Å². The van der Waals surface area contributed by atoms with Crippen molar-refractivity contribution < 1.29 is 14.4 Å². The molecule has 4 fully saturated rings. The molecule has 3 atom stereocenters. The molecule has 5 rings (SSSR count). The highest BCUT2D eigenvalue weighted by molar-refractivity contribution is 5.80. The molecule has 4 amide bonds. The second-order valence-corrected chi connectivity index (χ2v) is 9.96. The lowest BCUT2D eigenvalue weighted by Gasteiger charge is -2.53. The van der Waals surface area contributed by atoms with Crippen molar-refractivity contribution in [2.45, 2.75) is 63.5 Å². The fraction of sp³-hybridized carbons (Fsp3) is 0.783. The number of amides is 4. The van der Waals surface area contributed by atoms with Crippen LogP contribution in [0.3, 0.4) is 0 Å². The maximum atomic E-state index is 13.2. The van der Waals surface area contributed by atoms with E-state index in [-0.39, 0.29) is 23.9 Å². The summed E-state index contributed by atoms with van der Waals surface area (Å²) in [6.45, 7) is 3.82. The normalized spacial score (nSPS) is 32.3. The third-order valence-electron chi connectivity index (χ3n) is 7.94. The first kappa shape index (κ1) is 19.9. The molecule has 0 aromatic carbocycles. The van der Waals surface area contributed by atoms with Crippen molar-refractivity contribution >= 4 is 17.8 Å². The smallest absolute Gasteiger partial charge is 0.320 e. The largest absolute Gasteiger partial charge is 0.353 e. The van der Waals surface area contributed by atoms with Gasteiger partial charge in [-0.3, -0.25) is 9.59 Å². The van der Waals surface area contributed by atoms with Crippen LogP contribution < -0.4 is 5.32 Å². The summed E-state index contributed by atoms with van der Waals surface area (Å²) in [6, 6.07) is 0.680. The summed E-state index contributed by atoms with van der Waals surface area (Å²) in [5.41, 5.74) is 0. The monoisotopic (exact) mass is 414 g/mol. The lowest BCUT2D eigenvalue weighted by molar-refractivity contribution is -0.144. The molecule has 0 radical (unpaired) electrons. The molecule has 7 heteroatoms. The molecule has 0 saturated carbocycles. The Morgan fingerprint density at radius 1 is 0.967 bits per heavy atom. The average molecular weight is 415 g/mol. The molecule has 164 valence electrons. The fourth-order valence-electron chi connectivity index (χ4n) is 6.33. The summed E-state index contributed by atoms with van der Waals surface area (Å²) in [6.07, 6.45) is 11.5. The van der Waals surface area contributed by atoms with Gasteiger partial charge in [0.25, 0.3) is 0 Å². The van der Waals surface area contributed by atoms with Crippen molar-refractivity contribution in [1.82, 2.24) is 20.0 Å². The zero-order valence-corrected chi connectivity index (χ0v) is 17.8. The van der Waals surface area contributed by atoms with E-state index in [2.05, 4.69) is 27.3 Å². The molecular formula is C23H34N4O3. The van der Waals surface area contributed by atoms with Crippen LogP contribution in [-0.2, 0) is 9.59 Å². The number of rotatable bonds is 2. The van der Waals surface area contributed by atoms with Gasteiger partial charge >= 0.3 is 6.03 Å². The molecule has 2 bridgehead atoms. The predicted octanol–water partition coefficient (Wildman–Crippen LogP) is 1.99. The Balaban J connectivity index is 1.13. The van der Waals surface area contributed by atoms with Gasteiger partial charge in [-0.15, -0.1) is 0 Å². The number of hydrogen-bond acceptors (Lipinski definition) is 3. The predicted molar refractivity (Wildman–Crippen MR) is 113 cm³/mol. The molecule has 0 aromatic heterocycles. The van der Waals surface area contributed by atoms with Gasteiger partial charge in [0.1, 0.15) is 0 Å². The summed E-state index contributed by atoms with van der Waals surface area (Å²) >= 11 is 0. The van der Waals surface area contributed by atoms with Crippen LogP contribution in [0.4, 0.5) is 4.79 Å². The Bertz CT molecular complexity index is 722. The fourth-order valence-corrected chi connectivity index (χ4v) is 6.33. The molecule has 1 aliphatic carbocycles. The zero-order chi connectivity index (χ0) is 20.7. The van der Waals surface area contributed by atoms with Crippen LogP contribution in [0, 0.1) is 17.8 Å². The molecule has 0 spiro atoms. The first-order valence-electron chi connectivity index (χ1n) is 11.9. The molecule has 30 heavy (non-hydrogen) atoms. The van der Waals surface area contributed by atoms with Crippen molar-refractivity contribution in [1.29, 1.82) is 0 Å². The Morgan fingerprint density at radius 2 is 1.73 bits per heavy atom. The van der Waals surface area contributed by atoms with Gasteiger partial charge in [0.15, 0.2) is 0 Å². The van der Waals surface area contributed by atoms with Crippen LogP contribution >= 0.6 is 0 Å². The molecule has 0 unspecified atom stereocenters. The molecule has 1 N–H and O–H groups in total. The summed E-state index contributed by atoms with van der Waals surface area (Å²) in [7, 11) is 0. The first-order chi connectivity index (χ1) is 14.6. The Labute approximate surface area is 178 Å². The minimum atomic E-state index is 0.101. The van der Waals surface area contributed by atoms with Crippen LogP contribution in [0.2, 0.25) is 0 Å². The van der Waals surface area contributed by atoms with Gasteiger partial charge in [-0.1, -0.05) is 12.2 Å². The minimum Gasteiger partial charge on any atom is -0.353 e. The highest BCUT2D eigenvalue weighted by Gasteiger charge is 2.45. The van der Waals surface area contributed by atoms with Crippen molar-refractivity contribution in [2.24, 2.45) is 17.8 Å². The third kappa shape index (κ3) is 3.83. The van der Waals surface area contributed by atoms with Gasteiger partial charge in [0, 0.05) is 57.1 Å². The number of urea groups is 1. The topological polar surface area (TPSA) is 73.0 Å². The highest BCUT2D eigenvalue weighted by atomic mass is 16.2. The van der Waals surface area contributed by atoms with Crippen molar-refractivity contribution in [3.8, 4) is 0 Å². The molecule has 4 aliphatic heterocycles. The number of hydrogen-bond donors (Lipinski definition) is 1. The van der Waals surface area contributed by atoms with Crippen LogP contribution in [0.15, 0.2) is 12.2 Å². The van der Waals surface area contributed by atoms with E-state index in [0.29, 0.717) is 43.3 Å². The average Bonchev–Trinajstić information content (AvgIpc) is 3.30. The van der Waals surface area contributed by atoms with Gasteiger partial charge in [-0.2, -0.15) is 0 Å². The SMILES string of the molecule is O=C(NC1CCN(C(=O)N2C[C@H]3C[C@H](C2)[C@H]2CCCC(=O)N2C3)CC1)C1CC=CC1. The Kier molecular flexibility index (Phi) is 5.46. The van der Waals surface area contributed by atoms with E-state index in [1.807, 2.05) is 4.90 Å². The minimum absolute atomic E-state index is 0.101. The number of nitrogens with one attached hydrogen (secondary N) is 1. The van der Waals surface area contributed by atoms with Crippen LogP contribution in [0.25, 0.3) is 0 Å². The van der Waals surface area contributed by atoms with E-state index < -0.39 is 0 Å². The number of nitrogens with zero attached hydrogens (tertiary/aromatic N) is 3. The van der Waals surface area contributed by atoms with E-state index in [9.17, 15) is 14.4 Å². The number of carbonyl (C=O) groups is 3. The summed E-state index contributed by atoms with van der Waals surface area (Å²) in [5.74, 6) is 1.44. The summed E-state index contributed by atoms with van der Waals surface area (Å²) < 4.78 is 0. The molecular weight excluding hydrogens is 380 g/mol. The number of likely N-dealkylation sites (tertiary alicyclic amines) is 2. The van der Waals surface area contributed by atoms with Crippen LogP contribution in [0.5, 0.6) is 0 Å². The van der Waals surface area contributed by atoms with Gasteiger partial charge in [0.05, 0.1) is 0 Å². The van der Waals surface area contributed by atoms with E-state index >= 15 is 0 Å². The number of allylic oxidation sites excluding steroid dienone is 2. The quantitative estimate of drug-likeness (QED) is 0.703. The van der Waals surface area contributed by atoms with E-state index in [4.69, 9.17) is 0 Å². The van der Waals surface area contributed by atoms with Gasteiger partial charge < -0.3 is 20.0 Å². The number of piperidine rings is 4. The summed E-state index contributed by atoms with van der Waals surface area (Å²) in [4.78, 5) is 44.1. The van der Waals surface area contributed by atoms with Crippen molar-refractivity contribution in [2.75, 3.05) is 32.7 Å². The second kappa shape index (κ2) is 8.23. The highest BCUT2D eigenvalue weighted by Crippen LogP contribution is 2.38. The number of carbonyl (C=O) groups excluding carboxylic acids is 3. The number of fused-ring (bicyclic) bond motifs is 4. The van der Waals surface area contributed by atoms with Gasteiger partial charge in [0.2, 0.25) is 11.8 Å². The maximum absolute atomic E-state index is 13.2. The molecule has 0 aromatic rings. The van der Waals surface area contributed by atoms with E-state index in [1.54, 1.807) is 0 Å². The van der Waals surface area contributed by atoms with Crippen LogP contribution in [-0.4, -0.2) is 77.4 Å². The molecule has 5 aliphatic rings. The lowest BCUT2D eigenvalue weighted by Crippen LogP contribution is -2.62. The zero-order valence-electron chi connectivity index (χ0n) is 17.8. The van der Waals surface area contributed by atoms with Crippen molar-refractivity contribution in [3.05, 3.63) is 12.2 Å².